The molecule has 11 nitrogen and oxygen atoms in total. The van der Waals surface area contributed by atoms with E-state index in [2.05, 4.69) is 59.4 Å². The number of nitrogens with zero attached hydrogens (tertiary/aromatic N) is 6. The fourth-order valence-electron chi connectivity index (χ4n) is 4.05. The molecule has 11 heteroatoms. The zero-order valence-corrected chi connectivity index (χ0v) is 19.8. The van der Waals surface area contributed by atoms with Gasteiger partial charge in [-0.25, -0.2) is 0 Å². The average molecular weight is 483 g/mol. The number of rotatable bonds is 7. The molecule has 4 aromatic rings. The van der Waals surface area contributed by atoms with Gasteiger partial charge in [-0.2, -0.15) is 24.8 Å². The molecule has 1 aliphatic rings. The quantitative estimate of drug-likeness (QED) is 0.313. The first-order valence-electron chi connectivity index (χ1n) is 11.7. The monoisotopic (exact) mass is 482 g/mol. The zero-order chi connectivity index (χ0) is 24.9. The molecule has 3 heterocycles. The van der Waals surface area contributed by atoms with Crippen molar-refractivity contribution in [2.24, 2.45) is 0 Å². The molecule has 36 heavy (non-hydrogen) atoms. The molecule has 2 aromatic carbocycles. The van der Waals surface area contributed by atoms with Crippen LogP contribution < -0.4 is 21.3 Å². The largest absolute Gasteiger partial charge is 0.326 e. The van der Waals surface area contributed by atoms with Gasteiger partial charge in [-0.15, -0.1) is 0 Å². The first-order chi connectivity index (χ1) is 17.6. The number of fused-ring (bicyclic) bond motifs is 1. The van der Waals surface area contributed by atoms with Gasteiger partial charge >= 0.3 is 0 Å². The van der Waals surface area contributed by atoms with Crippen molar-refractivity contribution in [1.29, 1.82) is 5.26 Å². The molecular formula is C25H26N10O. The van der Waals surface area contributed by atoms with Gasteiger partial charge in [0.15, 0.2) is 5.65 Å². The second-order valence-electron chi connectivity index (χ2n) is 8.51. The van der Waals surface area contributed by atoms with Gasteiger partial charge in [0.2, 0.25) is 17.8 Å². The lowest BCUT2D eigenvalue weighted by molar-refractivity contribution is -0.114. The Balaban J connectivity index is 1.39. The number of benzene rings is 2. The van der Waals surface area contributed by atoms with Gasteiger partial charge in [0.1, 0.15) is 11.6 Å². The predicted octanol–water partition coefficient (Wildman–Crippen LogP) is 2.85. The van der Waals surface area contributed by atoms with Crippen LogP contribution in [0.4, 0.5) is 29.0 Å². The average Bonchev–Trinajstić information content (AvgIpc) is 3.29. The molecule has 0 aliphatic carbocycles. The summed E-state index contributed by atoms with van der Waals surface area (Å²) in [6.45, 7) is 6.50. The highest BCUT2D eigenvalue weighted by Gasteiger charge is 2.14. The van der Waals surface area contributed by atoms with Gasteiger partial charge in [-0.05, 0) is 35.9 Å². The number of nitrogens with one attached hydrogen (secondary N) is 4. The van der Waals surface area contributed by atoms with Crippen molar-refractivity contribution in [3.63, 3.8) is 0 Å². The minimum atomic E-state index is -0.159. The van der Waals surface area contributed by atoms with E-state index in [1.165, 1.54) is 23.2 Å². The van der Waals surface area contributed by atoms with Crippen LogP contribution >= 0.6 is 0 Å². The van der Waals surface area contributed by atoms with Crippen LogP contribution in [0.2, 0.25) is 0 Å². The number of nitriles is 1. The SMILES string of the molecule is CC(=O)Nc1cccc(Nc2nc(Nc3ccc(CN4CCNCC4)cc3)n3ncc(C#N)c3n2)c1. The minimum Gasteiger partial charge on any atom is -0.326 e. The Hall–Kier alpha value is -4.53. The Morgan fingerprint density at radius 1 is 1.06 bits per heavy atom. The summed E-state index contributed by atoms with van der Waals surface area (Å²) in [5, 5.41) is 26.4. The lowest BCUT2D eigenvalue weighted by atomic mass is 10.2. The molecule has 1 saturated heterocycles. The van der Waals surface area contributed by atoms with E-state index in [1.54, 1.807) is 12.1 Å². The fourth-order valence-corrected chi connectivity index (χ4v) is 4.05. The summed E-state index contributed by atoms with van der Waals surface area (Å²) >= 11 is 0. The molecule has 5 rings (SSSR count). The summed E-state index contributed by atoms with van der Waals surface area (Å²) < 4.78 is 1.51. The van der Waals surface area contributed by atoms with Gasteiger partial charge in [-0.1, -0.05) is 18.2 Å². The smallest absolute Gasteiger partial charge is 0.233 e. The molecule has 4 N–H and O–H groups in total. The summed E-state index contributed by atoms with van der Waals surface area (Å²) in [7, 11) is 0. The summed E-state index contributed by atoms with van der Waals surface area (Å²) in [6.07, 6.45) is 1.47. The minimum absolute atomic E-state index is 0.159. The standard InChI is InChI=1S/C25H26N10O/c1-17(36)29-21-3-2-4-22(13-21)30-24-32-23-19(14-26)15-28-35(23)25(33-24)31-20-7-5-18(6-8-20)16-34-11-9-27-10-12-34/h2-8,13,15,27H,9-12,16H2,1H3,(H,29,36)(H2,30,31,32,33). The van der Waals surface area contributed by atoms with Crippen LogP contribution in [0, 0.1) is 11.3 Å². The van der Waals surface area contributed by atoms with Crippen molar-refractivity contribution >= 4 is 40.5 Å². The second kappa shape index (κ2) is 10.4. The van der Waals surface area contributed by atoms with Gasteiger partial charge in [0, 0.05) is 56.7 Å². The van der Waals surface area contributed by atoms with Crippen LogP contribution in [-0.2, 0) is 11.3 Å². The zero-order valence-electron chi connectivity index (χ0n) is 19.8. The molecule has 0 saturated carbocycles. The van der Waals surface area contributed by atoms with E-state index in [0.717, 1.165) is 38.4 Å². The molecule has 0 atom stereocenters. The van der Waals surface area contributed by atoms with Crippen molar-refractivity contribution in [3.8, 4) is 6.07 Å². The highest BCUT2D eigenvalue weighted by molar-refractivity contribution is 5.89. The van der Waals surface area contributed by atoms with Gasteiger partial charge < -0.3 is 21.3 Å². The van der Waals surface area contributed by atoms with Crippen molar-refractivity contribution < 1.29 is 4.79 Å². The number of hydrogen-bond acceptors (Lipinski definition) is 9. The number of carbonyl (C=O) groups excluding carboxylic acids is 1. The van der Waals surface area contributed by atoms with Crippen molar-refractivity contribution in [2.45, 2.75) is 13.5 Å². The van der Waals surface area contributed by atoms with E-state index in [9.17, 15) is 10.1 Å². The Labute approximate surface area is 208 Å². The number of piperazine rings is 1. The number of amides is 1. The Kier molecular flexibility index (Phi) is 6.70. The maximum absolute atomic E-state index is 11.4. The lowest BCUT2D eigenvalue weighted by Crippen LogP contribution is -2.42. The third-order valence-electron chi connectivity index (χ3n) is 5.75. The molecule has 1 amide bonds. The van der Waals surface area contributed by atoms with E-state index in [0.29, 0.717) is 28.5 Å². The van der Waals surface area contributed by atoms with Crippen LogP contribution in [0.5, 0.6) is 0 Å². The van der Waals surface area contributed by atoms with E-state index in [-0.39, 0.29) is 11.9 Å². The van der Waals surface area contributed by atoms with Crippen LogP contribution in [0.15, 0.2) is 54.7 Å². The molecule has 0 bridgehead atoms. The van der Waals surface area contributed by atoms with Gasteiger partial charge in [-0.3, -0.25) is 9.69 Å². The Bertz CT molecular complexity index is 1420. The second-order valence-corrected chi connectivity index (χ2v) is 8.51. The van der Waals surface area contributed by atoms with Crippen LogP contribution in [0.25, 0.3) is 5.65 Å². The highest BCUT2D eigenvalue weighted by atomic mass is 16.1. The number of anilines is 5. The molecule has 182 valence electrons. The maximum atomic E-state index is 11.4. The normalized spacial score (nSPS) is 13.8. The lowest BCUT2D eigenvalue weighted by Gasteiger charge is -2.27. The molecule has 0 radical (unpaired) electrons. The Morgan fingerprint density at radius 2 is 1.83 bits per heavy atom. The van der Waals surface area contributed by atoms with Crippen molar-refractivity contribution in [2.75, 3.05) is 42.1 Å². The summed E-state index contributed by atoms with van der Waals surface area (Å²) in [5.41, 5.74) is 4.13. The molecule has 0 unspecified atom stereocenters. The maximum Gasteiger partial charge on any atom is 0.233 e. The van der Waals surface area contributed by atoms with E-state index < -0.39 is 0 Å². The predicted molar refractivity (Wildman–Crippen MR) is 137 cm³/mol. The molecular weight excluding hydrogens is 456 g/mol. The molecule has 2 aromatic heterocycles. The van der Waals surface area contributed by atoms with Crippen molar-refractivity contribution in [3.05, 3.63) is 65.9 Å². The topological polar surface area (TPSA) is 135 Å². The van der Waals surface area contributed by atoms with E-state index in [4.69, 9.17) is 0 Å². The molecule has 1 aliphatic heterocycles. The molecule has 1 fully saturated rings. The van der Waals surface area contributed by atoms with Crippen LogP contribution in [-0.4, -0.2) is 56.6 Å². The first kappa shape index (κ1) is 23.2. The summed E-state index contributed by atoms with van der Waals surface area (Å²) in [6, 6.07) is 17.5. The third-order valence-corrected chi connectivity index (χ3v) is 5.75. The highest BCUT2D eigenvalue weighted by Crippen LogP contribution is 2.23. The first-order valence-corrected chi connectivity index (χ1v) is 11.7. The number of aromatic nitrogens is 4. The van der Waals surface area contributed by atoms with Crippen molar-refractivity contribution in [1.82, 2.24) is 29.8 Å². The third kappa shape index (κ3) is 5.41. The summed E-state index contributed by atoms with van der Waals surface area (Å²) in [4.78, 5) is 22.9. The fraction of sp³-hybridized carbons (Fsp3) is 0.240. The van der Waals surface area contributed by atoms with Gasteiger partial charge in [0.05, 0.1) is 6.20 Å². The van der Waals surface area contributed by atoms with Gasteiger partial charge in [0.25, 0.3) is 0 Å². The molecule has 0 spiro atoms. The van der Waals surface area contributed by atoms with E-state index in [1.807, 2.05) is 24.3 Å². The number of carbonyl (C=O) groups is 1. The number of hydrogen-bond donors (Lipinski definition) is 4. The van der Waals surface area contributed by atoms with E-state index >= 15 is 0 Å². The van der Waals surface area contributed by atoms with Crippen LogP contribution in [0.3, 0.4) is 0 Å². The summed E-state index contributed by atoms with van der Waals surface area (Å²) in [5.74, 6) is 0.544. The Morgan fingerprint density at radius 3 is 2.58 bits per heavy atom. The van der Waals surface area contributed by atoms with Crippen LogP contribution in [0.1, 0.15) is 18.1 Å².